The molecule has 1 aromatic carbocycles. The van der Waals surface area contributed by atoms with Gasteiger partial charge in [-0.1, -0.05) is 0 Å². The first kappa shape index (κ1) is 20.1. The highest BCUT2D eigenvalue weighted by atomic mass is 79.9. The van der Waals surface area contributed by atoms with Crippen LogP contribution in [0.25, 0.3) is 31.0 Å². The minimum absolute atomic E-state index is 0.0781. The van der Waals surface area contributed by atoms with Gasteiger partial charge in [-0.2, -0.15) is 0 Å². The molecule has 0 amide bonds. The molecule has 0 unspecified atom stereocenters. The monoisotopic (exact) mass is 514 g/mol. The van der Waals surface area contributed by atoms with Crippen molar-refractivity contribution in [3.8, 4) is 16.3 Å². The van der Waals surface area contributed by atoms with Crippen LogP contribution in [0, 0.1) is 0 Å². The topological polar surface area (TPSA) is 101 Å². The third kappa shape index (κ3) is 4.46. The van der Waals surface area contributed by atoms with Crippen molar-refractivity contribution >= 4 is 59.0 Å². The van der Waals surface area contributed by atoms with Crippen molar-refractivity contribution < 1.29 is 4.74 Å². The maximum atomic E-state index is 11.7. The summed E-state index contributed by atoms with van der Waals surface area (Å²) in [6.07, 6.45) is 5.93. The van der Waals surface area contributed by atoms with Gasteiger partial charge in [-0.3, -0.25) is 9.59 Å². The largest absolute Gasteiger partial charge is 0.490 e. The normalized spacial score (nSPS) is 13.2. The fraction of sp³-hybridized carbons (Fsp3) is 0.143. The van der Waals surface area contributed by atoms with Gasteiger partial charge in [0, 0.05) is 18.0 Å². The van der Waals surface area contributed by atoms with E-state index in [4.69, 9.17) is 4.74 Å². The summed E-state index contributed by atoms with van der Waals surface area (Å²) in [5.74, 6) is 0.898. The van der Waals surface area contributed by atoms with Gasteiger partial charge in [-0.05, 0) is 65.2 Å². The fourth-order valence-corrected chi connectivity index (χ4v) is 5.21. The molecule has 1 aliphatic rings. The first-order chi connectivity index (χ1) is 15.1. The summed E-state index contributed by atoms with van der Waals surface area (Å²) in [5.41, 5.74) is 2.33. The Morgan fingerprint density at radius 2 is 1.48 bits per heavy atom. The molecule has 4 heterocycles. The predicted molar refractivity (Wildman–Crippen MR) is 127 cm³/mol. The minimum Gasteiger partial charge on any atom is -0.490 e. The number of nitrogens with zero attached hydrogens (tertiary/aromatic N) is 2. The maximum absolute atomic E-state index is 11.7. The Morgan fingerprint density at radius 1 is 0.871 bits per heavy atom. The van der Waals surface area contributed by atoms with Crippen LogP contribution in [-0.2, 0) is 0 Å². The van der Waals surface area contributed by atoms with Gasteiger partial charge >= 0.3 is 0 Å². The van der Waals surface area contributed by atoms with Crippen LogP contribution in [0.15, 0.2) is 62.3 Å². The number of fused-ring (bicyclic) bond motifs is 2. The van der Waals surface area contributed by atoms with Crippen molar-refractivity contribution in [2.24, 2.45) is 0 Å². The van der Waals surface area contributed by atoms with Crippen molar-refractivity contribution in [1.82, 2.24) is 19.9 Å². The van der Waals surface area contributed by atoms with Gasteiger partial charge in [0.05, 0.1) is 17.1 Å². The van der Waals surface area contributed by atoms with E-state index in [9.17, 15) is 9.59 Å². The molecule has 0 spiro atoms. The van der Waals surface area contributed by atoms with Gasteiger partial charge in [0.1, 0.15) is 20.2 Å². The lowest BCUT2D eigenvalue weighted by Gasteiger charge is -2.04. The Balaban J connectivity index is 0.000000157. The summed E-state index contributed by atoms with van der Waals surface area (Å²) in [6.45, 7) is 0. The molecule has 0 saturated heterocycles. The Hall–Kier alpha value is -2.82. The molecule has 6 rings (SSSR count). The van der Waals surface area contributed by atoms with E-state index in [0.717, 1.165) is 44.1 Å². The first-order valence-electron chi connectivity index (χ1n) is 9.46. The summed E-state index contributed by atoms with van der Waals surface area (Å²) < 4.78 is 7.80. The third-order valence-electron chi connectivity index (χ3n) is 4.53. The Kier molecular flexibility index (Phi) is 5.43. The number of aromatic nitrogens is 4. The molecule has 156 valence electrons. The molecule has 1 fully saturated rings. The van der Waals surface area contributed by atoms with Gasteiger partial charge in [0.2, 0.25) is 0 Å². The summed E-state index contributed by atoms with van der Waals surface area (Å²) in [4.78, 5) is 36.6. The molecule has 0 radical (unpaired) electrons. The van der Waals surface area contributed by atoms with Crippen molar-refractivity contribution in [2.45, 2.75) is 18.9 Å². The zero-order chi connectivity index (χ0) is 21.4. The lowest BCUT2D eigenvalue weighted by Crippen LogP contribution is -2.01. The first-order valence-corrected chi connectivity index (χ1v) is 11.9. The molecule has 10 heteroatoms. The zero-order valence-corrected chi connectivity index (χ0v) is 19.1. The van der Waals surface area contributed by atoms with Crippen LogP contribution in [0.2, 0.25) is 0 Å². The number of ether oxygens (including phenoxy) is 1. The van der Waals surface area contributed by atoms with Crippen molar-refractivity contribution in [2.75, 3.05) is 0 Å². The molecule has 0 atom stereocenters. The quantitative estimate of drug-likeness (QED) is 0.355. The van der Waals surface area contributed by atoms with E-state index in [1.807, 2.05) is 30.3 Å². The average molecular weight is 515 g/mol. The highest BCUT2D eigenvalue weighted by Gasteiger charge is 2.23. The van der Waals surface area contributed by atoms with E-state index in [2.05, 4.69) is 35.9 Å². The molecular formula is C21H15BrN4O3S2. The molecule has 4 aromatic heterocycles. The number of rotatable bonds is 3. The molecule has 7 nitrogen and oxygen atoms in total. The number of nitrogens with one attached hydrogen (secondary N) is 2. The summed E-state index contributed by atoms with van der Waals surface area (Å²) >= 11 is 5.97. The second-order valence-corrected chi connectivity index (χ2v) is 10.1. The summed E-state index contributed by atoms with van der Waals surface area (Å²) in [7, 11) is 0. The van der Waals surface area contributed by atoms with Gasteiger partial charge in [0.15, 0.2) is 3.92 Å². The fourth-order valence-electron chi connectivity index (χ4n) is 2.89. The minimum atomic E-state index is -0.0834. The van der Waals surface area contributed by atoms with Crippen LogP contribution in [0.4, 0.5) is 0 Å². The van der Waals surface area contributed by atoms with Crippen molar-refractivity contribution in [1.29, 1.82) is 0 Å². The van der Waals surface area contributed by atoms with E-state index in [-0.39, 0.29) is 11.1 Å². The van der Waals surface area contributed by atoms with E-state index in [1.165, 1.54) is 22.7 Å². The molecule has 0 aliphatic heterocycles. The van der Waals surface area contributed by atoms with Crippen molar-refractivity contribution in [3.63, 3.8) is 0 Å². The summed E-state index contributed by atoms with van der Waals surface area (Å²) in [5, 5.41) is 0.856. The maximum Gasteiger partial charge on any atom is 0.267 e. The van der Waals surface area contributed by atoms with Crippen molar-refractivity contribution in [3.05, 3.63) is 73.4 Å². The lowest BCUT2D eigenvalue weighted by molar-refractivity contribution is 0.303. The van der Waals surface area contributed by atoms with Crippen LogP contribution >= 0.6 is 38.6 Å². The van der Waals surface area contributed by atoms with E-state index >= 15 is 0 Å². The Labute approximate surface area is 191 Å². The number of hydrogen-bond acceptors (Lipinski definition) is 7. The van der Waals surface area contributed by atoms with E-state index in [1.54, 1.807) is 18.5 Å². The Bertz CT molecular complexity index is 1480. The molecule has 5 aromatic rings. The van der Waals surface area contributed by atoms with Gasteiger partial charge in [-0.15, -0.1) is 22.7 Å². The average Bonchev–Trinajstić information content (AvgIpc) is 3.31. The van der Waals surface area contributed by atoms with Crippen LogP contribution in [0.5, 0.6) is 5.75 Å². The van der Waals surface area contributed by atoms with Crippen LogP contribution in [0.3, 0.4) is 0 Å². The number of thiazole rings is 2. The number of aromatic amines is 2. The molecule has 0 bridgehead atoms. The van der Waals surface area contributed by atoms with Crippen LogP contribution < -0.4 is 15.9 Å². The predicted octanol–water partition coefficient (Wildman–Crippen LogP) is 4.94. The summed E-state index contributed by atoms with van der Waals surface area (Å²) in [6, 6.07) is 11.5. The van der Waals surface area contributed by atoms with E-state index < -0.39 is 0 Å². The number of halogens is 1. The van der Waals surface area contributed by atoms with Gasteiger partial charge in [-0.25, -0.2) is 9.97 Å². The molecular weight excluding hydrogens is 500 g/mol. The van der Waals surface area contributed by atoms with Crippen LogP contribution in [-0.4, -0.2) is 26.0 Å². The van der Waals surface area contributed by atoms with Gasteiger partial charge < -0.3 is 14.7 Å². The van der Waals surface area contributed by atoms with Gasteiger partial charge in [0.25, 0.3) is 11.1 Å². The number of pyridine rings is 2. The van der Waals surface area contributed by atoms with E-state index in [0.29, 0.717) is 15.5 Å². The molecule has 2 N–H and O–H groups in total. The number of hydrogen-bond donors (Lipinski definition) is 2. The third-order valence-corrected chi connectivity index (χ3v) is 7.17. The highest BCUT2D eigenvalue weighted by Crippen LogP contribution is 2.31. The second kappa shape index (κ2) is 8.37. The highest BCUT2D eigenvalue weighted by molar-refractivity contribution is 9.11. The lowest BCUT2D eigenvalue weighted by atomic mass is 10.2. The SMILES string of the molecule is O=c1[nH]ccc2nc(-c3ccc(OC4CC4)cc3)sc12.O=c1[nH]ccc2nc(Br)sc12. The molecule has 1 aliphatic carbocycles. The second-order valence-electron chi connectivity index (χ2n) is 6.87. The number of benzene rings is 1. The zero-order valence-electron chi connectivity index (χ0n) is 15.9. The standard InChI is InChI=1S/C15H12N2O2S.C6H3BrN2OS/c18-14-13-12(7-8-16-14)17-15(20-13)9-1-3-10(4-2-9)19-11-5-6-11;7-6-9-3-1-2-8-5(10)4(3)11-6/h1-4,7-8,11H,5-6H2,(H,16,18);1-2H,(H,8,10). The smallest absolute Gasteiger partial charge is 0.267 e. The Morgan fingerprint density at radius 3 is 2.06 bits per heavy atom. The number of H-pyrrole nitrogens is 2. The van der Waals surface area contributed by atoms with Crippen LogP contribution in [0.1, 0.15) is 12.8 Å². The molecule has 31 heavy (non-hydrogen) atoms. The molecule has 1 saturated carbocycles.